The number of halogens is 2. The van der Waals surface area contributed by atoms with E-state index in [2.05, 4.69) is 15.9 Å². The van der Waals surface area contributed by atoms with Crippen molar-refractivity contribution in [1.29, 1.82) is 0 Å². The van der Waals surface area contributed by atoms with E-state index in [4.69, 9.17) is 0 Å². The lowest BCUT2D eigenvalue weighted by Gasteiger charge is -2.11. The molecule has 0 aromatic heterocycles. The first-order valence-electron chi connectivity index (χ1n) is 3.83. The summed E-state index contributed by atoms with van der Waals surface area (Å²) < 4.78 is 14.8. The van der Waals surface area contributed by atoms with E-state index in [1.165, 1.54) is 18.0 Å². The third kappa shape index (κ3) is 3.29. The number of hydrogen-bond donors (Lipinski definition) is 0. The van der Waals surface area contributed by atoms with Gasteiger partial charge in [-0.15, -0.1) is 0 Å². The number of alkyl halides is 1. The summed E-state index contributed by atoms with van der Waals surface area (Å²) in [5, 5.41) is 0.753. The molecule has 1 aromatic rings. The van der Waals surface area contributed by atoms with Gasteiger partial charge < -0.3 is 0 Å². The minimum atomic E-state index is -0.186. The Morgan fingerprint density at radius 2 is 2.15 bits per heavy atom. The molecule has 0 aliphatic rings. The SMILES string of the molecule is CN(C)Sc1cc(F)ccc1CBr. The largest absolute Gasteiger partial charge is 0.253 e. The van der Waals surface area contributed by atoms with Crippen LogP contribution in [0.2, 0.25) is 0 Å². The average molecular weight is 264 g/mol. The van der Waals surface area contributed by atoms with Crippen LogP contribution in [-0.4, -0.2) is 18.4 Å². The van der Waals surface area contributed by atoms with Gasteiger partial charge in [-0.25, -0.2) is 4.39 Å². The van der Waals surface area contributed by atoms with E-state index in [0.717, 1.165) is 15.8 Å². The van der Waals surface area contributed by atoms with Crippen LogP contribution in [0.15, 0.2) is 23.1 Å². The van der Waals surface area contributed by atoms with Gasteiger partial charge in [0.1, 0.15) is 5.82 Å². The van der Waals surface area contributed by atoms with Gasteiger partial charge >= 0.3 is 0 Å². The molecule has 0 saturated carbocycles. The molecule has 0 aliphatic carbocycles. The Morgan fingerprint density at radius 3 is 2.69 bits per heavy atom. The first-order valence-corrected chi connectivity index (χ1v) is 5.72. The molecule has 0 bridgehead atoms. The highest BCUT2D eigenvalue weighted by Gasteiger charge is 2.04. The second-order valence-corrected chi connectivity index (χ2v) is 4.70. The topological polar surface area (TPSA) is 3.24 Å². The fourth-order valence-electron chi connectivity index (χ4n) is 0.920. The number of benzene rings is 1. The molecule has 1 aromatic carbocycles. The van der Waals surface area contributed by atoms with Crippen molar-refractivity contribution in [3.05, 3.63) is 29.6 Å². The average Bonchev–Trinajstić information content (AvgIpc) is 2.03. The number of nitrogens with zero attached hydrogens (tertiary/aromatic N) is 1. The van der Waals surface area contributed by atoms with Crippen LogP contribution in [0.1, 0.15) is 5.56 Å². The lowest BCUT2D eigenvalue weighted by atomic mass is 10.2. The molecule has 0 atom stereocenters. The molecule has 0 saturated heterocycles. The van der Waals surface area contributed by atoms with Crippen molar-refractivity contribution in [2.45, 2.75) is 10.2 Å². The maximum atomic E-state index is 12.9. The molecule has 1 rings (SSSR count). The second kappa shape index (κ2) is 4.98. The molecule has 0 spiro atoms. The minimum absolute atomic E-state index is 0.186. The van der Waals surface area contributed by atoms with Crippen molar-refractivity contribution in [3.8, 4) is 0 Å². The second-order valence-electron chi connectivity index (χ2n) is 2.79. The van der Waals surface area contributed by atoms with Crippen LogP contribution in [0.25, 0.3) is 0 Å². The molecule has 0 N–H and O–H groups in total. The van der Waals surface area contributed by atoms with Gasteiger partial charge in [0.15, 0.2) is 0 Å². The van der Waals surface area contributed by atoms with Crippen LogP contribution >= 0.6 is 27.9 Å². The molecule has 0 amide bonds. The van der Waals surface area contributed by atoms with Crippen LogP contribution in [0.5, 0.6) is 0 Å². The van der Waals surface area contributed by atoms with Crippen LogP contribution in [-0.2, 0) is 5.33 Å². The Labute approximate surface area is 90.6 Å². The Bertz CT molecular complexity index is 291. The third-order valence-corrected chi connectivity index (χ3v) is 3.00. The van der Waals surface area contributed by atoms with Crippen LogP contribution in [0.4, 0.5) is 4.39 Å². The van der Waals surface area contributed by atoms with Crippen molar-refractivity contribution in [2.75, 3.05) is 14.1 Å². The van der Waals surface area contributed by atoms with E-state index in [1.807, 2.05) is 18.4 Å². The molecule has 1 nitrogen and oxygen atoms in total. The molecule has 0 unspecified atom stereocenters. The van der Waals surface area contributed by atoms with E-state index in [9.17, 15) is 4.39 Å². The molecule has 4 heteroatoms. The summed E-state index contributed by atoms with van der Waals surface area (Å²) in [5.74, 6) is -0.186. The van der Waals surface area contributed by atoms with Crippen molar-refractivity contribution in [1.82, 2.24) is 4.31 Å². The van der Waals surface area contributed by atoms with Gasteiger partial charge in [-0.3, -0.25) is 4.31 Å². The lowest BCUT2D eigenvalue weighted by molar-refractivity contribution is 0.622. The maximum Gasteiger partial charge on any atom is 0.124 e. The van der Waals surface area contributed by atoms with Crippen LogP contribution < -0.4 is 0 Å². The van der Waals surface area contributed by atoms with Crippen molar-refractivity contribution in [3.63, 3.8) is 0 Å². The summed E-state index contributed by atoms with van der Waals surface area (Å²) in [5.41, 5.74) is 1.11. The fraction of sp³-hybridized carbons (Fsp3) is 0.333. The van der Waals surface area contributed by atoms with Gasteiger partial charge in [0.25, 0.3) is 0 Å². The van der Waals surface area contributed by atoms with Gasteiger partial charge in [-0.2, -0.15) is 0 Å². The zero-order chi connectivity index (χ0) is 9.84. The normalized spacial score (nSPS) is 10.8. The Balaban J connectivity index is 2.94. The van der Waals surface area contributed by atoms with E-state index < -0.39 is 0 Å². The van der Waals surface area contributed by atoms with Crippen LogP contribution in [0, 0.1) is 5.82 Å². The Kier molecular flexibility index (Phi) is 4.22. The van der Waals surface area contributed by atoms with E-state index in [1.54, 1.807) is 12.1 Å². The zero-order valence-electron chi connectivity index (χ0n) is 7.55. The van der Waals surface area contributed by atoms with Gasteiger partial charge in [0.2, 0.25) is 0 Å². The summed E-state index contributed by atoms with van der Waals surface area (Å²) >= 11 is 4.90. The molecular formula is C9H11BrFNS. The summed E-state index contributed by atoms with van der Waals surface area (Å²) in [6, 6.07) is 4.84. The first-order chi connectivity index (χ1) is 6.13. The highest BCUT2D eigenvalue weighted by Crippen LogP contribution is 2.26. The summed E-state index contributed by atoms with van der Waals surface area (Å²) in [6.45, 7) is 0. The highest BCUT2D eigenvalue weighted by atomic mass is 79.9. The molecule has 72 valence electrons. The number of rotatable bonds is 3. The minimum Gasteiger partial charge on any atom is -0.253 e. The van der Waals surface area contributed by atoms with Crippen molar-refractivity contribution in [2.24, 2.45) is 0 Å². The molecule has 0 heterocycles. The molecule has 13 heavy (non-hydrogen) atoms. The molecule has 0 radical (unpaired) electrons. The molecule has 0 fully saturated rings. The predicted octanol–water partition coefficient (Wildman–Crippen LogP) is 3.29. The van der Waals surface area contributed by atoms with E-state index in [-0.39, 0.29) is 5.82 Å². The maximum absolute atomic E-state index is 12.9. The fourth-order valence-corrected chi connectivity index (χ4v) is 2.41. The van der Waals surface area contributed by atoms with Gasteiger partial charge in [-0.05, 0) is 43.7 Å². The zero-order valence-corrected chi connectivity index (χ0v) is 9.95. The number of hydrogen-bond acceptors (Lipinski definition) is 2. The first kappa shape index (κ1) is 11.0. The lowest BCUT2D eigenvalue weighted by Crippen LogP contribution is -2.00. The predicted molar refractivity (Wildman–Crippen MR) is 58.6 cm³/mol. The smallest absolute Gasteiger partial charge is 0.124 e. The highest BCUT2D eigenvalue weighted by molar-refractivity contribution is 9.08. The monoisotopic (exact) mass is 263 g/mol. The Morgan fingerprint density at radius 1 is 1.46 bits per heavy atom. The molecular weight excluding hydrogens is 253 g/mol. The van der Waals surface area contributed by atoms with E-state index in [0.29, 0.717) is 0 Å². The summed E-state index contributed by atoms with van der Waals surface area (Å²) in [4.78, 5) is 0.960. The summed E-state index contributed by atoms with van der Waals surface area (Å²) in [7, 11) is 3.88. The quantitative estimate of drug-likeness (QED) is 0.608. The van der Waals surface area contributed by atoms with Gasteiger partial charge in [0.05, 0.1) is 0 Å². The van der Waals surface area contributed by atoms with Crippen LogP contribution in [0.3, 0.4) is 0 Å². The van der Waals surface area contributed by atoms with Crippen molar-refractivity contribution >= 4 is 27.9 Å². The standard InChI is InChI=1S/C9H11BrFNS/c1-12(2)13-9-5-8(11)4-3-7(9)6-10/h3-5H,6H2,1-2H3. The third-order valence-electron chi connectivity index (χ3n) is 1.45. The van der Waals surface area contributed by atoms with Gasteiger partial charge in [-0.1, -0.05) is 22.0 Å². The van der Waals surface area contributed by atoms with E-state index >= 15 is 0 Å². The molecule has 0 aliphatic heterocycles. The summed E-state index contributed by atoms with van der Waals surface area (Å²) in [6.07, 6.45) is 0. The van der Waals surface area contributed by atoms with Gasteiger partial charge in [0, 0.05) is 10.2 Å². The Hall–Kier alpha value is -0.0600. The van der Waals surface area contributed by atoms with Crippen molar-refractivity contribution < 1.29 is 4.39 Å².